The van der Waals surface area contributed by atoms with Gasteiger partial charge in [-0.05, 0) is 35.6 Å². The Morgan fingerprint density at radius 3 is 2.68 bits per heavy atom. The highest BCUT2D eigenvalue weighted by Gasteiger charge is 2.27. The number of benzene rings is 2. The molecule has 28 heavy (non-hydrogen) atoms. The summed E-state index contributed by atoms with van der Waals surface area (Å²) in [4.78, 5) is 14.8. The average molecular weight is 398 g/mol. The van der Waals surface area contributed by atoms with Gasteiger partial charge in [-0.3, -0.25) is 4.79 Å². The number of nitrogens with one attached hydrogen (secondary N) is 1. The Labute approximate surface area is 165 Å². The topological polar surface area (TPSA) is 78.8 Å². The van der Waals surface area contributed by atoms with Crippen molar-refractivity contribution in [1.29, 1.82) is 0 Å². The van der Waals surface area contributed by atoms with Gasteiger partial charge in [-0.2, -0.15) is 8.42 Å². The van der Waals surface area contributed by atoms with E-state index in [4.69, 9.17) is 0 Å². The van der Waals surface area contributed by atoms with Crippen LogP contribution in [0, 0.1) is 5.92 Å². The maximum atomic E-state index is 12.7. The smallest absolute Gasteiger partial charge is 0.286 e. The number of carbonyl (C=O) groups is 1. The molecular weight excluding hydrogens is 374 g/mol. The van der Waals surface area contributed by atoms with Crippen molar-refractivity contribution in [3.8, 4) is 0 Å². The second kappa shape index (κ2) is 7.39. The quantitative estimate of drug-likeness (QED) is 0.859. The van der Waals surface area contributed by atoms with Crippen LogP contribution in [-0.4, -0.2) is 31.6 Å². The zero-order chi connectivity index (χ0) is 19.7. The van der Waals surface area contributed by atoms with Crippen LogP contribution in [0.2, 0.25) is 0 Å². The van der Waals surface area contributed by atoms with Crippen LogP contribution in [0.4, 0.5) is 5.69 Å². The molecule has 0 fully saturated rings. The second-order valence-corrected chi connectivity index (χ2v) is 9.05. The summed E-state index contributed by atoms with van der Waals surface area (Å²) in [6.45, 7) is 3.32. The lowest BCUT2D eigenvalue weighted by Crippen LogP contribution is -2.37. The van der Waals surface area contributed by atoms with E-state index in [1.165, 1.54) is 11.1 Å². The van der Waals surface area contributed by atoms with Crippen LogP contribution in [0.1, 0.15) is 30.9 Å². The van der Waals surface area contributed by atoms with Crippen LogP contribution in [-0.2, 0) is 27.8 Å². The molecule has 1 atom stereocenters. The zero-order valence-corrected chi connectivity index (χ0v) is 16.6. The average Bonchev–Trinajstić information content (AvgIpc) is 2.67. The number of nitrogens with zero attached hydrogens (tertiary/aromatic N) is 2. The molecule has 0 bridgehead atoms. The molecule has 2 aromatic carbocycles. The number of anilines is 1. The van der Waals surface area contributed by atoms with Crippen LogP contribution in [0.3, 0.4) is 0 Å². The molecule has 1 unspecified atom stereocenters. The number of sulfonamides is 1. The predicted octanol–water partition coefficient (Wildman–Crippen LogP) is 3.20. The second-order valence-electron chi connectivity index (χ2n) is 7.48. The SMILES string of the molecule is CC(CC(=O)N1CCc2ccccc2C1)CC1=NS(=O)(=O)c2ccccc2N1. The highest BCUT2D eigenvalue weighted by molar-refractivity contribution is 7.90. The third-order valence-electron chi connectivity index (χ3n) is 5.22. The van der Waals surface area contributed by atoms with Crippen LogP contribution < -0.4 is 5.32 Å². The molecule has 4 rings (SSSR count). The first-order chi connectivity index (χ1) is 13.4. The fourth-order valence-electron chi connectivity index (χ4n) is 3.79. The van der Waals surface area contributed by atoms with Crippen LogP contribution in [0.5, 0.6) is 0 Å². The maximum Gasteiger partial charge on any atom is 0.286 e. The van der Waals surface area contributed by atoms with Gasteiger partial charge >= 0.3 is 0 Å². The first kappa shape index (κ1) is 18.7. The van der Waals surface area contributed by atoms with Gasteiger partial charge in [-0.25, -0.2) is 0 Å². The van der Waals surface area contributed by atoms with Gasteiger partial charge in [0.2, 0.25) is 5.91 Å². The molecule has 0 saturated carbocycles. The molecule has 2 aromatic rings. The summed E-state index contributed by atoms with van der Waals surface area (Å²) >= 11 is 0. The van der Waals surface area contributed by atoms with E-state index < -0.39 is 10.0 Å². The molecule has 2 aliphatic heterocycles. The molecule has 0 saturated heterocycles. The number of rotatable bonds is 4. The van der Waals surface area contributed by atoms with E-state index in [9.17, 15) is 13.2 Å². The summed E-state index contributed by atoms with van der Waals surface area (Å²) in [7, 11) is -3.69. The largest absolute Gasteiger partial charge is 0.342 e. The van der Waals surface area contributed by atoms with Crippen molar-refractivity contribution in [2.45, 2.75) is 37.6 Å². The molecular formula is C21H23N3O3S. The molecule has 0 radical (unpaired) electrons. The molecule has 1 N–H and O–H groups in total. The molecule has 2 heterocycles. The number of amidine groups is 1. The Hall–Kier alpha value is -2.67. The highest BCUT2D eigenvalue weighted by atomic mass is 32.2. The normalized spacial score (nSPS) is 18.3. The standard InChI is InChI=1S/C21H23N3O3S/c1-15(12-20-22-18-8-4-5-9-19(18)28(26,27)23-20)13-21(25)24-11-10-16-6-2-3-7-17(16)14-24/h2-9,15H,10-14H2,1H3,(H,22,23). The molecule has 1 amide bonds. The van der Waals surface area contributed by atoms with Crippen molar-refractivity contribution in [2.24, 2.45) is 10.3 Å². The van der Waals surface area contributed by atoms with E-state index in [2.05, 4.69) is 21.8 Å². The van der Waals surface area contributed by atoms with E-state index in [0.29, 0.717) is 30.9 Å². The summed E-state index contributed by atoms with van der Waals surface area (Å²) in [5.74, 6) is 0.473. The number of para-hydroxylation sites is 1. The maximum absolute atomic E-state index is 12.7. The van der Waals surface area contributed by atoms with Crippen molar-refractivity contribution >= 4 is 27.5 Å². The summed E-state index contributed by atoms with van der Waals surface area (Å²) in [5.41, 5.74) is 3.05. The lowest BCUT2D eigenvalue weighted by Gasteiger charge is -2.30. The monoisotopic (exact) mass is 397 g/mol. The summed E-state index contributed by atoms with van der Waals surface area (Å²) < 4.78 is 28.6. The minimum atomic E-state index is -3.69. The van der Waals surface area contributed by atoms with Gasteiger partial charge in [0, 0.05) is 25.9 Å². The number of amides is 1. The van der Waals surface area contributed by atoms with Crippen LogP contribution in [0.15, 0.2) is 57.8 Å². The number of hydrogen-bond donors (Lipinski definition) is 1. The lowest BCUT2D eigenvalue weighted by molar-refractivity contribution is -0.132. The van der Waals surface area contributed by atoms with Crippen molar-refractivity contribution < 1.29 is 13.2 Å². The Balaban J connectivity index is 1.39. The summed E-state index contributed by atoms with van der Waals surface area (Å²) in [6, 6.07) is 14.9. The van der Waals surface area contributed by atoms with E-state index in [1.54, 1.807) is 24.3 Å². The lowest BCUT2D eigenvalue weighted by atomic mass is 9.97. The Kier molecular flexibility index (Phi) is 4.93. The summed E-state index contributed by atoms with van der Waals surface area (Å²) in [6.07, 6.45) is 1.65. The van der Waals surface area contributed by atoms with Gasteiger partial charge < -0.3 is 10.2 Å². The van der Waals surface area contributed by atoms with E-state index in [0.717, 1.165) is 13.0 Å². The zero-order valence-electron chi connectivity index (χ0n) is 15.8. The Morgan fingerprint density at radius 1 is 1.14 bits per heavy atom. The van der Waals surface area contributed by atoms with E-state index in [-0.39, 0.29) is 16.7 Å². The number of carbonyl (C=O) groups excluding carboxylic acids is 1. The minimum Gasteiger partial charge on any atom is -0.342 e. The van der Waals surface area contributed by atoms with Crippen LogP contribution in [0.25, 0.3) is 0 Å². The predicted molar refractivity (Wildman–Crippen MR) is 109 cm³/mol. The Bertz CT molecular complexity index is 1050. The molecule has 0 aromatic heterocycles. The van der Waals surface area contributed by atoms with Gasteiger partial charge in [0.25, 0.3) is 10.0 Å². The van der Waals surface area contributed by atoms with Gasteiger partial charge in [-0.1, -0.05) is 43.3 Å². The molecule has 6 nitrogen and oxygen atoms in total. The van der Waals surface area contributed by atoms with Crippen molar-refractivity contribution in [2.75, 3.05) is 11.9 Å². The highest BCUT2D eigenvalue weighted by Crippen LogP contribution is 2.28. The van der Waals surface area contributed by atoms with Crippen molar-refractivity contribution in [1.82, 2.24) is 4.90 Å². The molecule has 146 valence electrons. The first-order valence-corrected chi connectivity index (χ1v) is 10.9. The van der Waals surface area contributed by atoms with E-state index >= 15 is 0 Å². The molecule has 2 aliphatic rings. The fraction of sp³-hybridized carbons (Fsp3) is 0.333. The van der Waals surface area contributed by atoms with Crippen molar-refractivity contribution in [3.05, 3.63) is 59.7 Å². The van der Waals surface area contributed by atoms with Gasteiger partial charge in [0.1, 0.15) is 10.7 Å². The fourth-order valence-corrected chi connectivity index (χ4v) is 4.95. The number of fused-ring (bicyclic) bond motifs is 2. The third-order valence-corrected chi connectivity index (χ3v) is 6.60. The van der Waals surface area contributed by atoms with E-state index in [1.807, 2.05) is 24.0 Å². The third kappa shape index (κ3) is 3.80. The minimum absolute atomic E-state index is 0.0172. The summed E-state index contributed by atoms with van der Waals surface area (Å²) in [5, 5.41) is 3.10. The Morgan fingerprint density at radius 2 is 1.86 bits per heavy atom. The van der Waals surface area contributed by atoms with Crippen molar-refractivity contribution in [3.63, 3.8) is 0 Å². The molecule has 0 spiro atoms. The van der Waals surface area contributed by atoms with Gasteiger partial charge in [0.15, 0.2) is 0 Å². The number of hydrogen-bond acceptors (Lipinski definition) is 4. The molecule has 7 heteroatoms. The first-order valence-electron chi connectivity index (χ1n) is 9.47. The van der Waals surface area contributed by atoms with Gasteiger partial charge in [0.05, 0.1) is 5.69 Å². The van der Waals surface area contributed by atoms with Crippen LogP contribution >= 0.6 is 0 Å². The molecule has 0 aliphatic carbocycles. The van der Waals surface area contributed by atoms with Gasteiger partial charge in [-0.15, -0.1) is 4.40 Å².